The highest BCUT2D eigenvalue weighted by molar-refractivity contribution is 5.79. The molecule has 3 unspecified atom stereocenters. The second-order valence-electron chi connectivity index (χ2n) is 6.14. The lowest BCUT2D eigenvalue weighted by Crippen LogP contribution is -2.08. The Bertz CT molecular complexity index is 893. The zero-order valence-electron chi connectivity index (χ0n) is 13.4. The summed E-state index contributed by atoms with van der Waals surface area (Å²) in [5, 5.41) is 9.07. The van der Waals surface area contributed by atoms with Crippen molar-refractivity contribution >= 4 is 5.97 Å². The average molecular weight is 366 g/mol. The van der Waals surface area contributed by atoms with Crippen molar-refractivity contribution in [3.63, 3.8) is 0 Å². The standard InChI is InChI=1S/C18H13F3O5/c1-24-13-6-8(18(19,20)21)2-5-11(13)25-9-3-4-10-12(7-9)26-16-14(10)15(16)17(22)23/h2-7,14-16H,1H3,(H,22,23). The summed E-state index contributed by atoms with van der Waals surface area (Å²) in [4.78, 5) is 11.1. The minimum absolute atomic E-state index is 0.0463. The van der Waals surface area contributed by atoms with E-state index in [-0.39, 0.29) is 23.5 Å². The second kappa shape index (κ2) is 5.55. The third kappa shape index (κ3) is 2.61. The molecule has 0 bridgehead atoms. The molecular formula is C18H13F3O5. The number of benzene rings is 2. The molecule has 1 fully saturated rings. The summed E-state index contributed by atoms with van der Waals surface area (Å²) in [6.07, 6.45) is -4.84. The first-order chi connectivity index (χ1) is 12.3. The van der Waals surface area contributed by atoms with Crippen molar-refractivity contribution in [2.75, 3.05) is 7.11 Å². The van der Waals surface area contributed by atoms with Gasteiger partial charge in [-0.15, -0.1) is 0 Å². The number of rotatable bonds is 4. The zero-order chi connectivity index (χ0) is 18.6. The third-order valence-electron chi connectivity index (χ3n) is 4.57. The molecule has 0 radical (unpaired) electrons. The Kier molecular flexibility index (Phi) is 3.54. The SMILES string of the molecule is COc1cc(C(F)(F)F)ccc1Oc1ccc2c(c1)OC1C(C(=O)O)C21. The van der Waals surface area contributed by atoms with Gasteiger partial charge in [-0.1, -0.05) is 6.07 Å². The summed E-state index contributed by atoms with van der Waals surface area (Å²) >= 11 is 0. The highest BCUT2D eigenvalue weighted by Crippen LogP contribution is 2.59. The Morgan fingerprint density at radius 2 is 1.92 bits per heavy atom. The van der Waals surface area contributed by atoms with E-state index in [1.807, 2.05) is 0 Å². The Morgan fingerprint density at radius 1 is 1.15 bits per heavy atom. The van der Waals surface area contributed by atoms with E-state index in [0.29, 0.717) is 11.5 Å². The molecule has 5 nitrogen and oxygen atoms in total. The summed E-state index contributed by atoms with van der Waals surface area (Å²) in [6, 6.07) is 7.90. The summed E-state index contributed by atoms with van der Waals surface area (Å²) < 4.78 is 54.6. The molecule has 0 spiro atoms. The molecular weight excluding hydrogens is 353 g/mol. The van der Waals surface area contributed by atoms with Crippen LogP contribution in [0, 0.1) is 5.92 Å². The van der Waals surface area contributed by atoms with Gasteiger partial charge in [-0.05, 0) is 24.3 Å². The third-order valence-corrected chi connectivity index (χ3v) is 4.57. The summed E-state index contributed by atoms with van der Waals surface area (Å²) in [6.45, 7) is 0. The highest BCUT2D eigenvalue weighted by Gasteiger charge is 2.63. The van der Waals surface area contributed by atoms with Crippen LogP contribution in [0.5, 0.6) is 23.0 Å². The Hall–Kier alpha value is -2.90. The van der Waals surface area contributed by atoms with Crippen molar-refractivity contribution in [1.82, 2.24) is 0 Å². The van der Waals surface area contributed by atoms with Crippen LogP contribution in [0.25, 0.3) is 0 Å². The van der Waals surface area contributed by atoms with Crippen LogP contribution in [0.15, 0.2) is 36.4 Å². The second-order valence-corrected chi connectivity index (χ2v) is 6.14. The van der Waals surface area contributed by atoms with Gasteiger partial charge in [-0.2, -0.15) is 13.2 Å². The lowest BCUT2D eigenvalue weighted by Gasteiger charge is -2.14. The molecule has 1 saturated carbocycles. The quantitative estimate of drug-likeness (QED) is 0.884. The van der Waals surface area contributed by atoms with Gasteiger partial charge in [0.1, 0.15) is 23.5 Å². The maximum Gasteiger partial charge on any atom is 0.416 e. The monoisotopic (exact) mass is 366 g/mol. The fourth-order valence-electron chi connectivity index (χ4n) is 3.25. The van der Waals surface area contributed by atoms with Gasteiger partial charge in [0.15, 0.2) is 11.5 Å². The number of hydrogen-bond donors (Lipinski definition) is 1. The minimum atomic E-state index is -4.48. The molecule has 4 rings (SSSR count). The Morgan fingerprint density at radius 3 is 2.58 bits per heavy atom. The molecule has 1 heterocycles. The average Bonchev–Trinajstić information content (AvgIpc) is 3.17. The first-order valence-corrected chi connectivity index (χ1v) is 7.76. The molecule has 1 aliphatic heterocycles. The molecule has 8 heteroatoms. The maximum absolute atomic E-state index is 12.8. The Balaban J connectivity index is 1.57. The Labute approximate surface area is 145 Å². The van der Waals surface area contributed by atoms with E-state index in [9.17, 15) is 18.0 Å². The number of halogens is 3. The van der Waals surface area contributed by atoms with Crippen LogP contribution in [0.1, 0.15) is 17.0 Å². The van der Waals surface area contributed by atoms with Gasteiger partial charge >= 0.3 is 12.1 Å². The molecule has 1 N–H and O–H groups in total. The molecule has 2 aliphatic rings. The number of carboxylic acids is 1. The smallest absolute Gasteiger partial charge is 0.416 e. The number of methoxy groups -OCH3 is 1. The first-order valence-electron chi connectivity index (χ1n) is 7.76. The van der Waals surface area contributed by atoms with E-state index in [1.54, 1.807) is 18.2 Å². The van der Waals surface area contributed by atoms with E-state index in [1.165, 1.54) is 13.2 Å². The van der Waals surface area contributed by atoms with Crippen LogP contribution < -0.4 is 14.2 Å². The predicted molar refractivity (Wildman–Crippen MR) is 82.8 cm³/mol. The first kappa shape index (κ1) is 16.6. The van der Waals surface area contributed by atoms with Crippen LogP contribution in [-0.2, 0) is 11.0 Å². The van der Waals surface area contributed by atoms with Crippen LogP contribution in [0.4, 0.5) is 13.2 Å². The molecule has 2 aromatic carbocycles. The van der Waals surface area contributed by atoms with E-state index in [2.05, 4.69) is 0 Å². The van der Waals surface area contributed by atoms with Crippen LogP contribution in [0.2, 0.25) is 0 Å². The normalized spacial score (nSPS) is 22.8. The van der Waals surface area contributed by atoms with Crippen LogP contribution in [0.3, 0.4) is 0 Å². The van der Waals surface area contributed by atoms with E-state index >= 15 is 0 Å². The lowest BCUT2D eigenvalue weighted by molar-refractivity contribution is -0.139. The number of alkyl halides is 3. The van der Waals surface area contributed by atoms with Crippen molar-refractivity contribution in [3.05, 3.63) is 47.5 Å². The van der Waals surface area contributed by atoms with Gasteiger partial charge in [-0.3, -0.25) is 4.79 Å². The van der Waals surface area contributed by atoms with Crippen LogP contribution in [-0.4, -0.2) is 24.3 Å². The van der Waals surface area contributed by atoms with Crippen molar-refractivity contribution in [1.29, 1.82) is 0 Å². The molecule has 1 aliphatic carbocycles. The fourth-order valence-corrected chi connectivity index (χ4v) is 3.25. The number of hydrogen-bond acceptors (Lipinski definition) is 4. The van der Waals surface area contributed by atoms with Gasteiger partial charge < -0.3 is 19.3 Å². The van der Waals surface area contributed by atoms with E-state index in [4.69, 9.17) is 19.3 Å². The van der Waals surface area contributed by atoms with E-state index < -0.39 is 23.6 Å². The van der Waals surface area contributed by atoms with Crippen molar-refractivity contribution in [2.45, 2.75) is 18.2 Å². The van der Waals surface area contributed by atoms with Crippen molar-refractivity contribution in [3.8, 4) is 23.0 Å². The number of ether oxygens (including phenoxy) is 3. The molecule has 2 aromatic rings. The van der Waals surface area contributed by atoms with Gasteiger partial charge in [0.05, 0.1) is 12.7 Å². The number of fused-ring (bicyclic) bond motifs is 3. The molecule has 3 atom stereocenters. The minimum Gasteiger partial charge on any atom is -0.493 e. The lowest BCUT2D eigenvalue weighted by atomic mass is 10.1. The van der Waals surface area contributed by atoms with Crippen LogP contribution >= 0.6 is 0 Å². The molecule has 0 saturated heterocycles. The highest BCUT2D eigenvalue weighted by atomic mass is 19.4. The van der Waals surface area contributed by atoms with Gasteiger partial charge in [0.25, 0.3) is 0 Å². The molecule has 136 valence electrons. The van der Waals surface area contributed by atoms with Crippen molar-refractivity contribution < 1.29 is 37.3 Å². The summed E-state index contributed by atoms with van der Waals surface area (Å²) in [5.74, 6) is -0.597. The van der Waals surface area contributed by atoms with Gasteiger partial charge in [0.2, 0.25) is 0 Å². The zero-order valence-corrected chi connectivity index (χ0v) is 13.4. The predicted octanol–water partition coefficient (Wildman–Crippen LogP) is 4.07. The van der Waals surface area contributed by atoms with Crippen molar-refractivity contribution in [2.24, 2.45) is 5.92 Å². The van der Waals surface area contributed by atoms with Gasteiger partial charge in [0, 0.05) is 17.5 Å². The van der Waals surface area contributed by atoms with E-state index in [0.717, 1.165) is 17.7 Å². The summed E-state index contributed by atoms with van der Waals surface area (Å²) in [5.41, 5.74) is -0.0343. The number of carboxylic acid groups (broad SMARTS) is 1. The topological polar surface area (TPSA) is 65.0 Å². The maximum atomic E-state index is 12.8. The number of aliphatic carboxylic acids is 1. The molecule has 0 aromatic heterocycles. The largest absolute Gasteiger partial charge is 0.493 e. The summed E-state index contributed by atoms with van der Waals surface area (Å²) in [7, 11) is 1.26. The molecule has 26 heavy (non-hydrogen) atoms. The van der Waals surface area contributed by atoms with Gasteiger partial charge in [-0.25, -0.2) is 0 Å². The molecule has 0 amide bonds. The number of carbonyl (C=O) groups is 1. The fraction of sp³-hybridized carbons (Fsp3) is 0.278.